The van der Waals surface area contributed by atoms with Crippen molar-refractivity contribution in [2.24, 2.45) is 0 Å². The molecule has 82 valence electrons. The molecule has 2 nitrogen and oxygen atoms in total. The smallest absolute Gasteiger partial charge is 0.126 e. The van der Waals surface area contributed by atoms with Gasteiger partial charge in [0.05, 0.1) is 0 Å². The Kier molecular flexibility index (Phi) is 3.37. The van der Waals surface area contributed by atoms with Crippen LogP contribution >= 0.6 is 11.6 Å². The first kappa shape index (κ1) is 10.9. The number of hydrogen-bond acceptors (Lipinski definition) is 2. The van der Waals surface area contributed by atoms with Crippen LogP contribution in [0, 0.1) is 5.82 Å². The first-order valence-corrected chi connectivity index (χ1v) is 5.22. The zero-order valence-corrected chi connectivity index (χ0v) is 9.21. The summed E-state index contributed by atoms with van der Waals surface area (Å²) in [6.45, 7) is 0.524. The van der Waals surface area contributed by atoms with Crippen molar-refractivity contribution in [1.82, 2.24) is 4.98 Å². The lowest BCUT2D eigenvalue weighted by Crippen LogP contribution is -2.01. The highest BCUT2D eigenvalue weighted by molar-refractivity contribution is 6.31. The summed E-state index contributed by atoms with van der Waals surface area (Å²) in [5.41, 5.74) is 0.841. The topological polar surface area (TPSA) is 24.9 Å². The van der Waals surface area contributed by atoms with E-state index in [1.165, 1.54) is 12.1 Å². The van der Waals surface area contributed by atoms with E-state index in [-0.39, 0.29) is 5.82 Å². The zero-order valence-electron chi connectivity index (χ0n) is 8.45. The van der Waals surface area contributed by atoms with Crippen molar-refractivity contribution in [3.05, 3.63) is 59.0 Å². The Balaban J connectivity index is 2.05. The molecule has 4 heteroatoms. The van der Waals surface area contributed by atoms with E-state index in [2.05, 4.69) is 10.3 Å². The molecule has 0 saturated carbocycles. The average molecular weight is 237 g/mol. The van der Waals surface area contributed by atoms with Gasteiger partial charge in [-0.1, -0.05) is 23.7 Å². The number of hydrogen-bond donors (Lipinski definition) is 1. The van der Waals surface area contributed by atoms with Gasteiger partial charge in [-0.05, 0) is 29.8 Å². The van der Waals surface area contributed by atoms with E-state index >= 15 is 0 Å². The molecule has 0 aliphatic carbocycles. The van der Waals surface area contributed by atoms with Gasteiger partial charge in [0, 0.05) is 17.8 Å². The Hall–Kier alpha value is -1.61. The van der Waals surface area contributed by atoms with Crippen molar-refractivity contribution in [3.8, 4) is 0 Å². The minimum absolute atomic E-state index is 0.327. The van der Waals surface area contributed by atoms with Crippen molar-refractivity contribution in [2.45, 2.75) is 6.54 Å². The van der Waals surface area contributed by atoms with Gasteiger partial charge in [0.15, 0.2) is 0 Å². The molecule has 0 amide bonds. The second-order valence-electron chi connectivity index (χ2n) is 3.30. The summed E-state index contributed by atoms with van der Waals surface area (Å²) in [6, 6.07) is 9.95. The van der Waals surface area contributed by atoms with Gasteiger partial charge < -0.3 is 5.32 Å². The molecule has 0 atom stereocenters. The highest BCUT2D eigenvalue weighted by Crippen LogP contribution is 2.18. The van der Waals surface area contributed by atoms with Gasteiger partial charge >= 0.3 is 0 Å². The maximum Gasteiger partial charge on any atom is 0.126 e. The Bertz CT molecular complexity index is 474. The number of pyridine rings is 1. The van der Waals surface area contributed by atoms with Crippen LogP contribution in [0.25, 0.3) is 0 Å². The number of nitrogens with zero attached hydrogens (tertiary/aromatic N) is 1. The molecular weight excluding hydrogens is 227 g/mol. The quantitative estimate of drug-likeness (QED) is 0.883. The van der Waals surface area contributed by atoms with Gasteiger partial charge in [-0.25, -0.2) is 9.37 Å². The van der Waals surface area contributed by atoms with Crippen LogP contribution in [0.15, 0.2) is 42.6 Å². The molecule has 16 heavy (non-hydrogen) atoms. The molecule has 1 aromatic heterocycles. The third-order valence-electron chi connectivity index (χ3n) is 2.14. The maximum absolute atomic E-state index is 12.8. The van der Waals surface area contributed by atoms with Crippen molar-refractivity contribution < 1.29 is 4.39 Å². The van der Waals surface area contributed by atoms with Crippen LogP contribution in [-0.2, 0) is 6.54 Å². The molecule has 0 spiro atoms. The molecule has 0 radical (unpaired) electrons. The molecule has 0 bridgehead atoms. The fraction of sp³-hybridized carbons (Fsp3) is 0.0833. The van der Waals surface area contributed by atoms with Crippen LogP contribution < -0.4 is 5.32 Å². The third-order valence-corrected chi connectivity index (χ3v) is 2.49. The second-order valence-corrected chi connectivity index (χ2v) is 3.71. The highest BCUT2D eigenvalue weighted by atomic mass is 35.5. The standard InChI is InChI=1S/C12H10ClFN2/c13-11-7-10(14)5-4-9(11)8-16-12-3-1-2-6-15-12/h1-7H,8H2,(H,15,16). The molecule has 0 saturated heterocycles. The lowest BCUT2D eigenvalue weighted by Gasteiger charge is -2.06. The monoisotopic (exact) mass is 236 g/mol. The largest absolute Gasteiger partial charge is 0.366 e. The van der Waals surface area contributed by atoms with Gasteiger partial charge in [0.25, 0.3) is 0 Å². The molecule has 1 N–H and O–H groups in total. The Morgan fingerprint density at radius 1 is 1.25 bits per heavy atom. The number of anilines is 1. The summed E-state index contributed by atoms with van der Waals surface area (Å²) in [7, 11) is 0. The van der Waals surface area contributed by atoms with Crippen LogP contribution in [0.4, 0.5) is 10.2 Å². The van der Waals surface area contributed by atoms with E-state index in [4.69, 9.17) is 11.6 Å². The lowest BCUT2D eigenvalue weighted by atomic mass is 10.2. The number of benzene rings is 1. The van der Waals surface area contributed by atoms with Crippen LogP contribution in [0.2, 0.25) is 5.02 Å². The first-order chi connectivity index (χ1) is 7.75. The number of rotatable bonds is 3. The van der Waals surface area contributed by atoms with E-state index in [1.807, 2.05) is 18.2 Å². The van der Waals surface area contributed by atoms with Crippen molar-refractivity contribution in [3.63, 3.8) is 0 Å². The predicted octanol–water partition coefficient (Wildman–Crippen LogP) is 3.49. The van der Waals surface area contributed by atoms with E-state index in [0.717, 1.165) is 11.4 Å². The molecule has 2 aromatic rings. The average Bonchev–Trinajstić information content (AvgIpc) is 2.29. The summed E-state index contributed by atoms with van der Waals surface area (Å²) >= 11 is 5.90. The summed E-state index contributed by atoms with van der Waals surface area (Å²) < 4.78 is 12.8. The number of aromatic nitrogens is 1. The maximum atomic E-state index is 12.8. The molecule has 1 aromatic carbocycles. The van der Waals surface area contributed by atoms with Crippen LogP contribution in [-0.4, -0.2) is 4.98 Å². The first-order valence-electron chi connectivity index (χ1n) is 4.84. The molecule has 0 fully saturated rings. The van der Waals surface area contributed by atoms with Gasteiger partial charge in [-0.2, -0.15) is 0 Å². The fourth-order valence-electron chi connectivity index (χ4n) is 1.32. The summed E-state index contributed by atoms with van der Waals surface area (Å²) in [5.74, 6) is 0.439. The van der Waals surface area contributed by atoms with Crippen LogP contribution in [0.3, 0.4) is 0 Å². The van der Waals surface area contributed by atoms with Crippen molar-refractivity contribution >= 4 is 17.4 Å². The summed E-state index contributed by atoms with van der Waals surface area (Å²) in [4.78, 5) is 4.11. The van der Waals surface area contributed by atoms with Gasteiger partial charge in [-0.15, -0.1) is 0 Å². The van der Waals surface area contributed by atoms with Gasteiger partial charge in [-0.3, -0.25) is 0 Å². The van der Waals surface area contributed by atoms with Gasteiger partial charge in [0.1, 0.15) is 11.6 Å². The van der Waals surface area contributed by atoms with E-state index < -0.39 is 0 Å². The summed E-state index contributed by atoms with van der Waals surface area (Å²) in [5, 5.41) is 3.52. The third kappa shape index (κ3) is 2.70. The number of nitrogens with one attached hydrogen (secondary N) is 1. The predicted molar refractivity (Wildman–Crippen MR) is 63.0 cm³/mol. The Labute approximate surface area is 98.1 Å². The second kappa shape index (κ2) is 4.94. The SMILES string of the molecule is Fc1ccc(CNc2ccccn2)c(Cl)c1. The minimum Gasteiger partial charge on any atom is -0.366 e. The molecule has 0 unspecified atom stereocenters. The molecular formula is C12H10ClFN2. The van der Waals surface area contributed by atoms with Crippen molar-refractivity contribution in [2.75, 3.05) is 5.32 Å². The highest BCUT2D eigenvalue weighted by Gasteiger charge is 2.01. The van der Waals surface area contributed by atoms with E-state index in [9.17, 15) is 4.39 Å². The zero-order chi connectivity index (χ0) is 11.4. The molecule has 0 aliphatic heterocycles. The van der Waals surface area contributed by atoms with Gasteiger partial charge in [0.2, 0.25) is 0 Å². The van der Waals surface area contributed by atoms with E-state index in [0.29, 0.717) is 11.6 Å². The van der Waals surface area contributed by atoms with Crippen LogP contribution in [0.1, 0.15) is 5.56 Å². The molecule has 1 heterocycles. The fourth-order valence-corrected chi connectivity index (χ4v) is 1.55. The Morgan fingerprint density at radius 2 is 2.12 bits per heavy atom. The lowest BCUT2D eigenvalue weighted by molar-refractivity contribution is 0.627. The van der Waals surface area contributed by atoms with E-state index in [1.54, 1.807) is 12.3 Å². The normalized spacial score (nSPS) is 10.1. The van der Waals surface area contributed by atoms with Crippen LogP contribution in [0.5, 0.6) is 0 Å². The minimum atomic E-state index is -0.327. The number of halogens is 2. The molecule has 2 rings (SSSR count). The Morgan fingerprint density at radius 3 is 2.81 bits per heavy atom. The molecule has 0 aliphatic rings. The summed E-state index contributed by atoms with van der Waals surface area (Å²) in [6.07, 6.45) is 1.70. The van der Waals surface area contributed by atoms with Crippen molar-refractivity contribution in [1.29, 1.82) is 0 Å².